The molecule has 0 spiro atoms. The molecule has 3 heteroatoms. The first-order chi connectivity index (χ1) is 9.79. The summed E-state index contributed by atoms with van der Waals surface area (Å²) in [6.07, 6.45) is 11.8. The van der Waals surface area contributed by atoms with Crippen molar-refractivity contribution in [2.24, 2.45) is 5.41 Å². The molecule has 0 aromatic rings. The number of aliphatic hydroxyl groups excluding tert-OH is 1. The monoisotopic (exact) mass is 282 g/mol. The Bertz CT molecular complexity index is 264. The molecule has 1 heterocycles. The highest BCUT2D eigenvalue weighted by molar-refractivity contribution is 4.92. The van der Waals surface area contributed by atoms with Crippen molar-refractivity contribution in [1.82, 2.24) is 10.2 Å². The van der Waals surface area contributed by atoms with Crippen molar-refractivity contribution in [3.05, 3.63) is 0 Å². The molecule has 20 heavy (non-hydrogen) atoms. The molecule has 1 aliphatic carbocycles. The van der Waals surface area contributed by atoms with Gasteiger partial charge in [0.2, 0.25) is 0 Å². The van der Waals surface area contributed by atoms with Crippen molar-refractivity contribution in [2.45, 2.75) is 70.8 Å². The summed E-state index contributed by atoms with van der Waals surface area (Å²) in [7, 11) is 0. The molecule has 0 amide bonds. The van der Waals surface area contributed by atoms with Gasteiger partial charge in [0.1, 0.15) is 0 Å². The second kappa shape index (κ2) is 8.35. The summed E-state index contributed by atoms with van der Waals surface area (Å²) in [5.41, 5.74) is 0.539. The van der Waals surface area contributed by atoms with Crippen LogP contribution in [0.25, 0.3) is 0 Å². The SMILES string of the molecule is CCCNCC1(CN2CCCC2CCCO)CCCC1. The molecule has 2 fully saturated rings. The Labute approximate surface area is 125 Å². The van der Waals surface area contributed by atoms with E-state index in [1.54, 1.807) is 0 Å². The van der Waals surface area contributed by atoms with Crippen molar-refractivity contribution in [3.63, 3.8) is 0 Å². The molecular formula is C17H34N2O. The summed E-state index contributed by atoms with van der Waals surface area (Å²) in [5, 5.41) is 12.7. The predicted molar refractivity (Wildman–Crippen MR) is 85.0 cm³/mol. The number of likely N-dealkylation sites (tertiary alicyclic amines) is 1. The highest BCUT2D eigenvalue weighted by atomic mass is 16.2. The molecule has 0 bridgehead atoms. The largest absolute Gasteiger partial charge is 0.396 e. The predicted octanol–water partition coefficient (Wildman–Crippen LogP) is 2.78. The molecule has 0 aromatic carbocycles. The van der Waals surface area contributed by atoms with E-state index >= 15 is 0 Å². The Kier molecular flexibility index (Phi) is 6.79. The van der Waals surface area contributed by atoms with Crippen LogP contribution in [-0.2, 0) is 0 Å². The molecule has 118 valence electrons. The van der Waals surface area contributed by atoms with E-state index < -0.39 is 0 Å². The molecule has 3 nitrogen and oxygen atoms in total. The molecule has 1 aliphatic heterocycles. The minimum Gasteiger partial charge on any atom is -0.396 e. The van der Waals surface area contributed by atoms with Gasteiger partial charge in [-0.25, -0.2) is 0 Å². The van der Waals surface area contributed by atoms with Crippen LogP contribution in [-0.4, -0.2) is 48.8 Å². The topological polar surface area (TPSA) is 35.5 Å². The summed E-state index contributed by atoms with van der Waals surface area (Å²) >= 11 is 0. The summed E-state index contributed by atoms with van der Waals surface area (Å²) in [6.45, 7) is 7.55. The Morgan fingerprint density at radius 2 is 2.05 bits per heavy atom. The number of hydrogen-bond acceptors (Lipinski definition) is 3. The normalized spacial score (nSPS) is 26.4. The van der Waals surface area contributed by atoms with Gasteiger partial charge in [-0.1, -0.05) is 19.8 Å². The van der Waals surface area contributed by atoms with Crippen LogP contribution in [0.2, 0.25) is 0 Å². The first-order valence-corrected chi connectivity index (χ1v) is 8.85. The third-order valence-corrected chi connectivity index (χ3v) is 5.32. The molecule has 1 saturated heterocycles. The van der Waals surface area contributed by atoms with Gasteiger partial charge < -0.3 is 10.4 Å². The number of aliphatic hydroxyl groups is 1. The zero-order chi connectivity index (χ0) is 14.3. The van der Waals surface area contributed by atoms with Crippen molar-refractivity contribution in [1.29, 1.82) is 0 Å². The smallest absolute Gasteiger partial charge is 0.0431 e. The minimum atomic E-state index is 0.355. The summed E-state index contributed by atoms with van der Waals surface area (Å²) in [4.78, 5) is 2.74. The first-order valence-electron chi connectivity index (χ1n) is 8.85. The lowest BCUT2D eigenvalue weighted by atomic mass is 9.85. The van der Waals surface area contributed by atoms with Crippen LogP contribution in [0.4, 0.5) is 0 Å². The molecule has 1 saturated carbocycles. The molecule has 2 aliphatic rings. The average Bonchev–Trinajstić information content (AvgIpc) is 3.07. The van der Waals surface area contributed by atoms with Gasteiger partial charge in [0.25, 0.3) is 0 Å². The van der Waals surface area contributed by atoms with Gasteiger partial charge in [0, 0.05) is 25.7 Å². The quantitative estimate of drug-likeness (QED) is 0.638. The van der Waals surface area contributed by atoms with E-state index in [1.807, 2.05) is 0 Å². The number of nitrogens with zero attached hydrogens (tertiary/aromatic N) is 1. The molecule has 0 radical (unpaired) electrons. The van der Waals surface area contributed by atoms with Gasteiger partial charge in [0.15, 0.2) is 0 Å². The van der Waals surface area contributed by atoms with Crippen LogP contribution in [0.15, 0.2) is 0 Å². The maximum absolute atomic E-state index is 9.06. The maximum atomic E-state index is 9.06. The molecule has 2 N–H and O–H groups in total. The fourth-order valence-corrected chi connectivity index (χ4v) is 4.23. The molecule has 2 rings (SSSR count). The van der Waals surface area contributed by atoms with E-state index in [0.717, 1.165) is 19.0 Å². The second-order valence-corrected chi connectivity index (χ2v) is 7.02. The Balaban J connectivity index is 1.86. The van der Waals surface area contributed by atoms with Crippen LogP contribution >= 0.6 is 0 Å². The highest BCUT2D eigenvalue weighted by Crippen LogP contribution is 2.40. The number of rotatable bonds is 9. The average molecular weight is 282 g/mol. The summed E-state index contributed by atoms with van der Waals surface area (Å²) < 4.78 is 0. The molecule has 0 aromatic heterocycles. The van der Waals surface area contributed by atoms with E-state index in [1.165, 1.54) is 71.0 Å². The van der Waals surface area contributed by atoms with Gasteiger partial charge >= 0.3 is 0 Å². The van der Waals surface area contributed by atoms with Gasteiger partial charge in [-0.3, -0.25) is 4.90 Å². The number of hydrogen-bond donors (Lipinski definition) is 2. The minimum absolute atomic E-state index is 0.355. The molecule has 1 atom stereocenters. The number of nitrogens with one attached hydrogen (secondary N) is 1. The standard InChI is InChI=1S/C17H34N2O/c1-2-11-18-14-17(9-3-4-10-17)15-19-12-5-7-16(19)8-6-13-20/h16,18,20H,2-15H2,1H3. The van der Waals surface area contributed by atoms with E-state index in [9.17, 15) is 0 Å². The molecule has 1 unspecified atom stereocenters. The van der Waals surface area contributed by atoms with Crippen LogP contribution < -0.4 is 5.32 Å². The Morgan fingerprint density at radius 1 is 1.25 bits per heavy atom. The van der Waals surface area contributed by atoms with E-state index in [4.69, 9.17) is 5.11 Å². The van der Waals surface area contributed by atoms with Crippen LogP contribution in [0.3, 0.4) is 0 Å². The lowest BCUT2D eigenvalue weighted by Gasteiger charge is -2.36. The summed E-state index contributed by atoms with van der Waals surface area (Å²) in [5.74, 6) is 0. The van der Waals surface area contributed by atoms with Crippen molar-refractivity contribution in [2.75, 3.05) is 32.8 Å². The highest BCUT2D eigenvalue weighted by Gasteiger charge is 2.37. The van der Waals surface area contributed by atoms with Crippen molar-refractivity contribution >= 4 is 0 Å². The lowest BCUT2D eigenvalue weighted by molar-refractivity contribution is 0.129. The third-order valence-electron chi connectivity index (χ3n) is 5.32. The second-order valence-electron chi connectivity index (χ2n) is 7.02. The first kappa shape index (κ1) is 16.3. The Hall–Kier alpha value is -0.120. The van der Waals surface area contributed by atoms with Crippen LogP contribution in [0.1, 0.15) is 64.7 Å². The van der Waals surface area contributed by atoms with Gasteiger partial charge in [0.05, 0.1) is 0 Å². The van der Waals surface area contributed by atoms with E-state index in [0.29, 0.717) is 12.0 Å². The van der Waals surface area contributed by atoms with Gasteiger partial charge in [-0.15, -0.1) is 0 Å². The zero-order valence-corrected chi connectivity index (χ0v) is 13.4. The molecular weight excluding hydrogens is 248 g/mol. The lowest BCUT2D eigenvalue weighted by Crippen LogP contribution is -2.44. The third kappa shape index (κ3) is 4.44. The van der Waals surface area contributed by atoms with Crippen molar-refractivity contribution in [3.8, 4) is 0 Å². The van der Waals surface area contributed by atoms with E-state index in [2.05, 4.69) is 17.1 Å². The van der Waals surface area contributed by atoms with Gasteiger partial charge in [-0.05, 0) is 63.5 Å². The van der Waals surface area contributed by atoms with Crippen LogP contribution in [0.5, 0.6) is 0 Å². The van der Waals surface area contributed by atoms with Gasteiger partial charge in [-0.2, -0.15) is 0 Å². The summed E-state index contributed by atoms with van der Waals surface area (Å²) in [6, 6.07) is 0.741. The fourth-order valence-electron chi connectivity index (χ4n) is 4.23. The fraction of sp³-hybridized carbons (Fsp3) is 1.00. The Morgan fingerprint density at radius 3 is 2.75 bits per heavy atom. The maximum Gasteiger partial charge on any atom is 0.0431 e. The zero-order valence-electron chi connectivity index (χ0n) is 13.4. The van der Waals surface area contributed by atoms with E-state index in [-0.39, 0.29) is 0 Å². The van der Waals surface area contributed by atoms with Crippen LogP contribution in [0, 0.1) is 5.41 Å². The van der Waals surface area contributed by atoms with Crippen molar-refractivity contribution < 1.29 is 5.11 Å².